The lowest BCUT2D eigenvalue weighted by Crippen LogP contribution is -1.94. The summed E-state index contributed by atoms with van der Waals surface area (Å²) in [5, 5.41) is 0.905. The lowest BCUT2D eigenvalue weighted by atomic mass is 10.1. The van der Waals surface area contributed by atoms with E-state index < -0.39 is 0 Å². The summed E-state index contributed by atoms with van der Waals surface area (Å²) in [6.45, 7) is 1.59. The number of aromatic nitrogens is 1. The maximum Gasteiger partial charge on any atom is 0.160 e. The molecule has 0 unspecified atom stereocenters. The number of rotatable bonds is 2. The summed E-state index contributed by atoms with van der Waals surface area (Å²) < 4.78 is 1.14. The van der Waals surface area contributed by atoms with Crippen molar-refractivity contribution >= 4 is 27.3 Å². The second-order valence-electron chi connectivity index (χ2n) is 4.09. The number of fused-ring (bicyclic) bond motifs is 1. The van der Waals surface area contributed by atoms with Crippen LogP contribution in [0.4, 0.5) is 0 Å². The molecule has 0 fully saturated rings. The van der Waals surface area contributed by atoms with Gasteiger partial charge in [-0.05, 0) is 19.1 Å². The summed E-state index contributed by atoms with van der Waals surface area (Å²) in [5.41, 5.74) is 2.64. The second kappa shape index (κ2) is 4.35. The van der Waals surface area contributed by atoms with E-state index in [2.05, 4.69) is 4.98 Å². The molecule has 0 amide bonds. The number of hydrogen-bond acceptors (Lipinski definition) is 3. The standard InChI is InChI=1S/C15H11NOS/c1-10(17)11-6-2-3-7-12(11)15-16-13-8-4-5-9-14(13)18-15/h2-9H,1H3. The molecule has 0 aliphatic rings. The predicted molar refractivity (Wildman–Crippen MR) is 75.1 cm³/mol. The topological polar surface area (TPSA) is 30.0 Å². The molecular weight excluding hydrogens is 242 g/mol. The first-order valence-corrected chi connectivity index (χ1v) is 6.53. The summed E-state index contributed by atoms with van der Waals surface area (Å²) >= 11 is 1.62. The number of nitrogens with zero attached hydrogens (tertiary/aromatic N) is 1. The first-order valence-electron chi connectivity index (χ1n) is 5.71. The summed E-state index contributed by atoms with van der Waals surface area (Å²) in [5.74, 6) is 0.0739. The van der Waals surface area contributed by atoms with Crippen molar-refractivity contribution in [3.8, 4) is 10.6 Å². The van der Waals surface area contributed by atoms with Gasteiger partial charge in [0.2, 0.25) is 0 Å². The average Bonchev–Trinajstić information content (AvgIpc) is 2.82. The smallest absolute Gasteiger partial charge is 0.160 e. The highest BCUT2D eigenvalue weighted by Gasteiger charge is 2.12. The Kier molecular flexibility index (Phi) is 2.68. The Morgan fingerprint density at radius 3 is 2.56 bits per heavy atom. The number of para-hydroxylation sites is 1. The Bertz CT molecular complexity index is 697. The minimum atomic E-state index is 0.0739. The van der Waals surface area contributed by atoms with Crippen LogP contribution in [0.1, 0.15) is 17.3 Å². The molecule has 2 aromatic carbocycles. The number of ketones is 1. The zero-order valence-electron chi connectivity index (χ0n) is 9.88. The fraction of sp³-hybridized carbons (Fsp3) is 0.0667. The van der Waals surface area contributed by atoms with Crippen LogP contribution in [0.2, 0.25) is 0 Å². The minimum absolute atomic E-state index is 0.0739. The average molecular weight is 253 g/mol. The van der Waals surface area contributed by atoms with Crippen LogP contribution in [0.3, 0.4) is 0 Å². The second-order valence-corrected chi connectivity index (χ2v) is 5.12. The molecular formula is C15H11NOS. The van der Waals surface area contributed by atoms with Gasteiger partial charge in [0.1, 0.15) is 5.01 Å². The lowest BCUT2D eigenvalue weighted by molar-refractivity contribution is 0.101. The van der Waals surface area contributed by atoms with Gasteiger partial charge >= 0.3 is 0 Å². The predicted octanol–water partition coefficient (Wildman–Crippen LogP) is 4.17. The maximum absolute atomic E-state index is 11.6. The molecule has 1 heterocycles. The molecule has 1 aromatic heterocycles. The molecule has 3 heteroatoms. The summed E-state index contributed by atoms with van der Waals surface area (Å²) in [6.07, 6.45) is 0. The largest absolute Gasteiger partial charge is 0.294 e. The third kappa shape index (κ3) is 1.83. The highest BCUT2D eigenvalue weighted by Crippen LogP contribution is 2.32. The number of hydrogen-bond donors (Lipinski definition) is 0. The molecule has 3 aromatic rings. The van der Waals surface area contributed by atoms with E-state index in [1.165, 1.54) is 0 Å². The van der Waals surface area contributed by atoms with E-state index in [0.717, 1.165) is 26.4 Å². The molecule has 0 bridgehead atoms. The normalized spacial score (nSPS) is 10.7. The third-order valence-electron chi connectivity index (χ3n) is 2.83. The number of carbonyl (C=O) groups excluding carboxylic acids is 1. The van der Waals surface area contributed by atoms with Gasteiger partial charge in [-0.3, -0.25) is 4.79 Å². The van der Waals surface area contributed by atoms with Gasteiger partial charge in [0.25, 0.3) is 0 Å². The van der Waals surface area contributed by atoms with Crippen LogP contribution in [-0.2, 0) is 0 Å². The molecule has 2 nitrogen and oxygen atoms in total. The number of thiazole rings is 1. The summed E-state index contributed by atoms with van der Waals surface area (Å²) in [6, 6.07) is 15.6. The van der Waals surface area contributed by atoms with Gasteiger partial charge in [0.05, 0.1) is 10.2 Å². The van der Waals surface area contributed by atoms with Crippen molar-refractivity contribution in [2.24, 2.45) is 0 Å². The molecule has 0 atom stereocenters. The van der Waals surface area contributed by atoms with Crippen molar-refractivity contribution in [2.45, 2.75) is 6.92 Å². The van der Waals surface area contributed by atoms with Crippen LogP contribution in [0.25, 0.3) is 20.8 Å². The van der Waals surface area contributed by atoms with E-state index in [1.54, 1.807) is 18.3 Å². The highest BCUT2D eigenvalue weighted by molar-refractivity contribution is 7.21. The van der Waals surface area contributed by atoms with E-state index in [0.29, 0.717) is 0 Å². The highest BCUT2D eigenvalue weighted by atomic mass is 32.1. The fourth-order valence-corrected chi connectivity index (χ4v) is 2.97. The molecule has 3 rings (SSSR count). The molecule has 0 aliphatic carbocycles. The molecule has 0 radical (unpaired) electrons. The van der Waals surface area contributed by atoms with Gasteiger partial charge in [0, 0.05) is 11.1 Å². The molecule has 0 N–H and O–H groups in total. The Morgan fingerprint density at radius 1 is 1.06 bits per heavy atom. The van der Waals surface area contributed by atoms with Crippen LogP contribution in [0.15, 0.2) is 48.5 Å². The maximum atomic E-state index is 11.6. The Labute approximate surface area is 109 Å². The van der Waals surface area contributed by atoms with Crippen LogP contribution in [-0.4, -0.2) is 10.8 Å². The van der Waals surface area contributed by atoms with Gasteiger partial charge in [-0.25, -0.2) is 4.98 Å². The molecule has 0 saturated heterocycles. The van der Waals surface area contributed by atoms with Crippen molar-refractivity contribution in [3.05, 3.63) is 54.1 Å². The lowest BCUT2D eigenvalue weighted by Gasteiger charge is -2.02. The SMILES string of the molecule is CC(=O)c1ccccc1-c1nc2ccccc2s1. The van der Waals surface area contributed by atoms with Crippen LogP contribution in [0.5, 0.6) is 0 Å². The zero-order chi connectivity index (χ0) is 12.5. The van der Waals surface area contributed by atoms with E-state index in [1.807, 2.05) is 48.5 Å². The fourth-order valence-electron chi connectivity index (χ4n) is 1.96. The number of carbonyl (C=O) groups is 1. The van der Waals surface area contributed by atoms with E-state index in [9.17, 15) is 4.79 Å². The first-order chi connectivity index (χ1) is 8.75. The molecule has 0 saturated carbocycles. The third-order valence-corrected chi connectivity index (χ3v) is 3.90. The quantitative estimate of drug-likeness (QED) is 0.642. The summed E-state index contributed by atoms with van der Waals surface area (Å²) in [4.78, 5) is 16.2. The van der Waals surface area contributed by atoms with Gasteiger partial charge in [0.15, 0.2) is 5.78 Å². The van der Waals surface area contributed by atoms with E-state index in [4.69, 9.17) is 0 Å². The van der Waals surface area contributed by atoms with E-state index >= 15 is 0 Å². The van der Waals surface area contributed by atoms with Gasteiger partial charge in [-0.15, -0.1) is 11.3 Å². The molecule has 88 valence electrons. The van der Waals surface area contributed by atoms with Crippen molar-refractivity contribution < 1.29 is 4.79 Å². The van der Waals surface area contributed by atoms with Crippen molar-refractivity contribution in [1.82, 2.24) is 4.98 Å². The monoisotopic (exact) mass is 253 g/mol. The van der Waals surface area contributed by atoms with Gasteiger partial charge < -0.3 is 0 Å². The number of benzene rings is 2. The van der Waals surface area contributed by atoms with E-state index in [-0.39, 0.29) is 5.78 Å². The van der Waals surface area contributed by atoms with Crippen molar-refractivity contribution in [1.29, 1.82) is 0 Å². The minimum Gasteiger partial charge on any atom is -0.294 e. The van der Waals surface area contributed by atoms with Gasteiger partial charge in [-0.1, -0.05) is 36.4 Å². The van der Waals surface area contributed by atoms with Crippen molar-refractivity contribution in [2.75, 3.05) is 0 Å². The first kappa shape index (κ1) is 11.1. The van der Waals surface area contributed by atoms with Crippen LogP contribution < -0.4 is 0 Å². The molecule has 0 spiro atoms. The Morgan fingerprint density at radius 2 is 1.78 bits per heavy atom. The number of Topliss-reactive ketones (excluding diaryl/α,β-unsaturated/α-hetero) is 1. The summed E-state index contributed by atoms with van der Waals surface area (Å²) in [7, 11) is 0. The van der Waals surface area contributed by atoms with Gasteiger partial charge in [-0.2, -0.15) is 0 Å². The Balaban J connectivity index is 2.23. The molecule has 18 heavy (non-hydrogen) atoms. The van der Waals surface area contributed by atoms with Crippen molar-refractivity contribution in [3.63, 3.8) is 0 Å². The Hall–Kier alpha value is -2.00. The van der Waals surface area contributed by atoms with Crippen LogP contribution >= 0.6 is 11.3 Å². The van der Waals surface area contributed by atoms with Crippen LogP contribution in [0, 0.1) is 0 Å². The molecule has 0 aliphatic heterocycles. The zero-order valence-corrected chi connectivity index (χ0v) is 10.7.